The lowest BCUT2D eigenvalue weighted by Crippen LogP contribution is -1.99. The zero-order valence-corrected chi connectivity index (χ0v) is 11.5. The average Bonchev–Trinajstić information content (AvgIpc) is 2.34. The quantitative estimate of drug-likeness (QED) is 0.924. The first kappa shape index (κ1) is 13.1. The first-order valence-corrected chi connectivity index (χ1v) is 6.32. The molecule has 94 valence electrons. The topological polar surface area (TPSA) is 35.2 Å². The second-order valence-corrected chi connectivity index (χ2v) is 4.88. The van der Waals surface area contributed by atoms with Crippen LogP contribution in [0.1, 0.15) is 11.1 Å². The highest BCUT2D eigenvalue weighted by Gasteiger charge is 2.06. The van der Waals surface area contributed by atoms with Gasteiger partial charge in [-0.15, -0.1) is 0 Å². The maximum absolute atomic E-state index is 13.5. The standard InChI is InChI=1S/C14H13BrFNO/c1-9-6-12(4-2-10(9)8-17)18-14-7-11(15)3-5-13(14)16/h2-7H,8,17H2,1H3. The predicted molar refractivity (Wildman–Crippen MR) is 73.2 cm³/mol. The van der Waals surface area contributed by atoms with Crippen molar-refractivity contribution in [2.75, 3.05) is 0 Å². The van der Waals surface area contributed by atoms with E-state index in [0.29, 0.717) is 12.3 Å². The maximum Gasteiger partial charge on any atom is 0.165 e. The number of benzene rings is 2. The normalized spacial score (nSPS) is 10.4. The highest BCUT2D eigenvalue weighted by atomic mass is 79.9. The zero-order chi connectivity index (χ0) is 13.1. The van der Waals surface area contributed by atoms with Crippen molar-refractivity contribution in [2.45, 2.75) is 13.5 Å². The van der Waals surface area contributed by atoms with Crippen LogP contribution in [-0.2, 0) is 6.54 Å². The van der Waals surface area contributed by atoms with Crippen LogP contribution in [0.15, 0.2) is 40.9 Å². The first-order valence-electron chi connectivity index (χ1n) is 5.52. The van der Waals surface area contributed by atoms with E-state index >= 15 is 0 Å². The molecule has 0 fully saturated rings. The molecule has 2 N–H and O–H groups in total. The van der Waals surface area contributed by atoms with Crippen molar-refractivity contribution in [1.82, 2.24) is 0 Å². The highest BCUT2D eigenvalue weighted by molar-refractivity contribution is 9.10. The molecule has 2 rings (SSSR count). The van der Waals surface area contributed by atoms with Crippen LogP contribution in [0.2, 0.25) is 0 Å². The Kier molecular flexibility index (Phi) is 3.99. The highest BCUT2D eigenvalue weighted by Crippen LogP contribution is 2.28. The Balaban J connectivity index is 2.28. The fraction of sp³-hybridized carbons (Fsp3) is 0.143. The molecule has 18 heavy (non-hydrogen) atoms. The van der Waals surface area contributed by atoms with Gasteiger partial charge in [0, 0.05) is 11.0 Å². The molecule has 0 aliphatic rings. The molecule has 4 heteroatoms. The van der Waals surface area contributed by atoms with Crippen LogP contribution in [0.5, 0.6) is 11.5 Å². The van der Waals surface area contributed by atoms with Crippen LogP contribution >= 0.6 is 15.9 Å². The van der Waals surface area contributed by atoms with Crippen molar-refractivity contribution in [1.29, 1.82) is 0 Å². The minimum Gasteiger partial charge on any atom is -0.454 e. The summed E-state index contributed by atoms with van der Waals surface area (Å²) in [5.41, 5.74) is 7.68. The molecule has 0 aliphatic carbocycles. The van der Waals surface area contributed by atoms with E-state index in [4.69, 9.17) is 10.5 Å². The van der Waals surface area contributed by atoms with Crippen molar-refractivity contribution in [2.24, 2.45) is 5.73 Å². The average molecular weight is 310 g/mol. The Morgan fingerprint density at radius 3 is 2.67 bits per heavy atom. The van der Waals surface area contributed by atoms with E-state index in [1.807, 2.05) is 19.1 Å². The molecule has 0 radical (unpaired) electrons. The molecule has 0 aromatic heterocycles. The largest absolute Gasteiger partial charge is 0.454 e. The van der Waals surface area contributed by atoms with E-state index in [-0.39, 0.29) is 5.75 Å². The molecule has 0 heterocycles. The molecule has 0 saturated carbocycles. The molecule has 0 atom stereocenters. The third kappa shape index (κ3) is 2.89. The Hall–Kier alpha value is -1.39. The summed E-state index contributed by atoms with van der Waals surface area (Å²) in [6.07, 6.45) is 0. The summed E-state index contributed by atoms with van der Waals surface area (Å²) in [7, 11) is 0. The summed E-state index contributed by atoms with van der Waals surface area (Å²) >= 11 is 3.28. The van der Waals surface area contributed by atoms with Gasteiger partial charge in [0.2, 0.25) is 0 Å². The smallest absolute Gasteiger partial charge is 0.165 e. The number of ether oxygens (including phenoxy) is 1. The van der Waals surface area contributed by atoms with E-state index in [2.05, 4.69) is 15.9 Å². The molecular weight excluding hydrogens is 297 g/mol. The van der Waals surface area contributed by atoms with Crippen molar-refractivity contribution in [3.63, 3.8) is 0 Å². The van der Waals surface area contributed by atoms with Gasteiger partial charge < -0.3 is 10.5 Å². The maximum atomic E-state index is 13.5. The number of hydrogen-bond donors (Lipinski definition) is 1. The summed E-state index contributed by atoms with van der Waals surface area (Å²) in [6, 6.07) is 10.1. The van der Waals surface area contributed by atoms with Crippen LogP contribution < -0.4 is 10.5 Å². The molecule has 0 saturated heterocycles. The molecule has 0 aliphatic heterocycles. The van der Waals surface area contributed by atoms with E-state index in [1.165, 1.54) is 6.07 Å². The van der Waals surface area contributed by atoms with Crippen molar-refractivity contribution in [3.8, 4) is 11.5 Å². The van der Waals surface area contributed by atoms with Gasteiger partial charge in [-0.1, -0.05) is 22.0 Å². The fourth-order valence-corrected chi connectivity index (χ4v) is 1.98. The third-order valence-electron chi connectivity index (χ3n) is 2.66. The van der Waals surface area contributed by atoms with Crippen LogP contribution in [0.4, 0.5) is 4.39 Å². The minimum absolute atomic E-state index is 0.198. The van der Waals surface area contributed by atoms with Gasteiger partial charge in [-0.25, -0.2) is 4.39 Å². The number of nitrogens with two attached hydrogens (primary N) is 1. The van der Waals surface area contributed by atoms with Crippen LogP contribution in [-0.4, -0.2) is 0 Å². The van der Waals surface area contributed by atoms with Gasteiger partial charge in [0.05, 0.1) is 0 Å². The van der Waals surface area contributed by atoms with Gasteiger partial charge in [-0.05, 0) is 48.4 Å². The molecular formula is C14H13BrFNO. The van der Waals surface area contributed by atoms with Gasteiger partial charge in [0.25, 0.3) is 0 Å². The summed E-state index contributed by atoms with van der Waals surface area (Å²) in [4.78, 5) is 0. The number of aryl methyl sites for hydroxylation is 1. The van der Waals surface area contributed by atoms with Crippen molar-refractivity contribution in [3.05, 3.63) is 57.8 Å². The van der Waals surface area contributed by atoms with E-state index in [0.717, 1.165) is 15.6 Å². The van der Waals surface area contributed by atoms with E-state index in [9.17, 15) is 4.39 Å². The summed E-state index contributed by atoms with van der Waals surface area (Å²) in [5, 5.41) is 0. The molecule has 0 unspecified atom stereocenters. The monoisotopic (exact) mass is 309 g/mol. The first-order chi connectivity index (χ1) is 8.60. The second kappa shape index (κ2) is 5.50. The van der Waals surface area contributed by atoms with E-state index < -0.39 is 5.82 Å². The summed E-state index contributed by atoms with van der Waals surface area (Å²) in [5.74, 6) is 0.407. The minimum atomic E-state index is -0.390. The lowest BCUT2D eigenvalue weighted by molar-refractivity contribution is 0.441. The van der Waals surface area contributed by atoms with Crippen LogP contribution in [0.25, 0.3) is 0 Å². The van der Waals surface area contributed by atoms with Crippen LogP contribution in [0, 0.1) is 12.7 Å². The molecule has 0 bridgehead atoms. The molecule has 2 aromatic carbocycles. The molecule has 2 aromatic rings. The molecule has 2 nitrogen and oxygen atoms in total. The third-order valence-corrected chi connectivity index (χ3v) is 3.15. The summed E-state index contributed by atoms with van der Waals surface area (Å²) in [6.45, 7) is 2.43. The lowest BCUT2D eigenvalue weighted by Gasteiger charge is -2.09. The van der Waals surface area contributed by atoms with Gasteiger partial charge in [0.15, 0.2) is 11.6 Å². The summed E-state index contributed by atoms with van der Waals surface area (Å²) < 4.78 is 19.8. The van der Waals surface area contributed by atoms with Gasteiger partial charge >= 0.3 is 0 Å². The lowest BCUT2D eigenvalue weighted by atomic mass is 10.1. The zero-order valence-electron chi connectivity index (χ0n) is 9.91. The van der Waals surface area contributed by atoms with Crippen molar-refractivity contribution < 1.29 is 9.13 Å². The van der Waals surface area contributed by atoms with Gasteiger partial charge in [-0.2, -0.15) is 0 Å². The fourth-order valence-electron chi connectivity index (χ4n) is 1.64. The molecule has 0 spiro atoms. The Morgan fingerprint density at radius 1 is 1.22 bits per heavy atom. The van der Waals surface area contributed by atoms with Crippen molar-refractivity contribution >= 4 is 15.9 Å². The Bertz CT molecular complexity index is 572. The van der Waals surface area contributed by atoms with E-state index in [1.54, 1.807) is 18.2 Å². The predicted octanol–water partition coefficient (Wildman–Crippen LogP) is 4.15. The second-order valence-electron chi connectivity index (χ2n) is 3.97. The Labute approximate surface area is 114 Å². The number of rotatable bonds is 3. The van der Waals surface area contributed by atoms with Gasteiger partial charge in [-0.3, -0.25) is 0 Å². The van der Waals surface area contributed by atoms with Crippen LogP contribution in [0.3, 0.4) is 0 Å². The number of hydrogen-bond acceptors (Lipinski definition) is 2. The SMILES string of the molecule is Cc1cc(Oc2cc(Br)ccc2F)ccc1CN. The number of halogens is 2. The van der Waals surface area contributed by atoms with Gasteiger partial charge in [0.1, 0.15) is 5.75 Å². The molecule has 0 amide bonds. The Morgan fingerprint density at radius 2 is 2.00 bits per heavy atom.